The minimum Gasteiger partial charge on any atom is -0.447 e. The van der Waals surface area contributed by atoms with E-state index in [1.165, 1.54) is 12.3 Å². The maximum Gasteiger partial charge on any atom is 0.411 e. The van der Waals surface area contributed by atoms with E-state index in [-0.39, 0.29) is 11.9 Å². The number of hydrogen-bond donors (Lipinski definition) is 2. The van der Waals surface area contributed by atoms with Crippen LogP contribution in [0.3, 0.4) is 0 Å². The molecule has 172 valence electrons. The van der Waals surface area contributed by atoms with Gasteiger partial charge in [0.1, 0.15) is 11.6 Å². The smallest absolute Gasteiger partial charge is 0.411 e. The van der Waals surface area contributed by atoms with Gasteiger partial charge in [0.15, 0.2) is 5.65 Å². The van der Waals surface area contributed by atoms with Crippen LogP contribution in [0.25, 0.3) is 22.6 Å². The van der Waals surface area contributed by atoms with Gasteiger partial charge in [-0.05, 0) is 38.1 Å². The number of nitrogens with zero attached hydrogens (tertiary/aromatic N) is 3. The Morgan fingerprint density at radius 3 is 2.53 bits per heavy atom. The van der Waals surface area contributed by atoms with Crippen LogP contribution in [0.5, 0.6) is 0 Å². The van der Waals surface area contributed by atoms with Crippen molar-refractivity contribution in [1.29, 1.82) is 0 Å². The van der Waals surface area contributed by atoms with Gasteiger partial charge >= 0.3 is 6.09 Å². The van der Waals surface area contributed by atoms with E-state index < -0.39 is 6.09 Å². The zero-order chi connectivity index (χ0) is 23.1. The molecule has 9 nitrogen and oxygen atoms in total. The van der Waals surface area contributed by atoms with Gasteiger partial charge in [-0.15, -0.1) is 0 Å². The molecule has 0 aliphatic rings. The largest absolute Gasteiger partial charge is 0.447 e. The summed E-state index contributed by atoms with van der Waals surface area (Å²) in [6, 6.07) is 6.63. The van der Waals surface area contributed by atoms with Gasteiger partial charge in [0.2, 0.25) is 0 Å². The Hall–Kier alpha value is -3.24. The second-order valence-electron chi connectivity index (χ2n) is 7.40. The number of carbonyl (C=O) groups is 1. The molecule has 32 heavy (non-hydrogen) atoms. The van der Waals surface area contributed by atoms with E-state index in [1.807, 2.05) is 4.90 Å². The number of amides is 1. The van der Waals surface area contributed by atoms with E-state index in [9.17, 15) is 9.18 Å². The van der Waals surface area contributed by atoms with Crippen molar-refractivity contribution < 1.29 is 23.4 Å². The Morgan fingerprint density at radius 1 is 1.19 bits per heavy atom. The first kappa shape index (κ1) is 23.4. The third kappa shape index (κ3) is 5.92. The number of halogens is 1. The van der Waals surface area contributed by atoms with E-state index >= 15 is 0 Å². The van der Waals surface area contributed by atoms with Crippen molar-refractivity contribution >= 4 is 28.6 Å². The van der Waals surface area contributed by atoms with Crippen molar-refractivity contribution in [2.75, 3.05) is 50.7 Å². The number of pyridine rings is 1. The first-order chi connectivity index (χ1) is 15.4. The number of methoxy groups -OCH3 is 2. The zero-order valence-corrected chi connectivity index (χ0v) is 18.6. The Labute approximate surface area is 185 Å². The van der Waals surface area contributed by atoms with Crippen molar-refractivity contribution in [1.82, 2.24) is 15.0 Å². The number of ether oxygens (including phenoxy) is 3. The highest BCUT2D eigenvalue weighted by Crippen LogP contribution is 2.27. The maximum absolute atomic E-state index is 15.0. The Balaban J connectivity index is 1.81. The van der Waals surface area contributed by atoms with Gasteiger partial charge in [-0.3, -0.25) is 5.32 Å². The lowest BCUT2D eigenvalue weighted by molar-refractivity contribution is 0.130. The first-order valence-corrected chi connectivity index (χ1v) is 10.3. The SMILES string of the molecule is COCCN(CCOC)c1ccc(-c2nc3ncc(NC(=O)OC(C)C)cc3[nH]2)cc1F. The van der Waals surface area contributed by atoms with Crippen LogP contribution in [0.2, 0.25) is 0 Å². The van der Waals surface area contributed by atoms with E-state index in [1.54, 1.807) is 46.3 Å². The third-order valence-electron chi connectivity index (χ3n) is 4.62. The number of anilines is 2. The monoisotopic (exact) mass is 445 g/mol. The number of hydrogen-bond acceptors (Lipinski definition) is 7. The highest BCUT2D eigenvalue weighted by atomic mass is 19.1. The second kappa shape index (κ2) is 10.9. The summed E-state index contributed by atoms with van der Waals surface area (Å²) in [5, 5.41) is 2.62. The molecule has 3 aromatic rings. The van der Waals surface area contributed by atoms with Gasteiger partial charge in [0.25, 0.3) is 0 Å². The fourth-order valence-electron chi connectivity index (χ4n) is 3.13. The highest BCUT2D eigenvalue weighted by molar-refractivity contribution is 5.88. The van der Waals surface area contributed by atoms with Crippen LogP contribution in [-0.2, 0) is 14.2 Å². The molecule has 2 aromatic heterocycles. The maximum atomic E-state index is 15.0. The topological polar surface area (TPSA) is 102 Å². The molecule has 1 amide bonds. The summed E-state index contributed by atoms with van der Waals surface area (Å²) in [6.07, 6.45) is 0.690. The average molecular weight is 445 g/mol. The second-order valence-corrected chi connectivity index (χ2v) is 7.40. The number of rotatable bonds is 10. The lowest BCUT2D eigenvalue weighted by Crippen LogP contribution is -2.31. The molecule has 0 unspecified atom stereocenters. The molecule has 0 atom stereocenters. The van der Waals surface area contributed by atoms with E-state index in [0.29, 0.717) is 60.2 Å². The predicted octanol–water partition coefficient (Wildman–Crippen LogP) is 3.82. The molecular weight excluding hydrogens is 417 g/mol. The minimum absolute atomic E-state index is 0.233. The predicted molar refractivity (Wildman–Crippen MR) is 120 cm³/mol. The number of carbonyl (C=O) groups excluding carboxylic acids is 1. The van der Waals surface area contributed by atoms with Crippen LogP contribution in [0.15, 0.2) is 30.5 Å². The molecule has 0 saturated carbocycles. The molecule has 2 heterocycles. The summed E-state index contributed by atoms with van der Waals surface area (Å²) in [5.41, 5.74) is 2.57. The molecule has 0 aliphatic carbocycles. The van der Waals surface area contributed by atoms with Crippen LogP contribution in [0.4, 0.5) is 20.6 Å². The van der Waals surface area contributed by atoms with Crippen LogP contribution < -0.4 is 10.2 Å². The molecule has 0 bridgehead atoms. The van der Waals surface area contributed by atoms with Gasteiger partial charge in [-0.25, -0.2) is 19.2 Å². The molecular formula is C22H28FN5O4. The minimum atomic E-state index is -0.565. The van der Waals surface area contributed by atoms with E-state index in [2.05, 4.69) is 20.3 Å². The van der Waals surface area contributed by atoms with Crippen molar-refractivity contribution in [2.24, 2.45) is 0 Å². The highest BCUT2D eigenvalue weighted by Gasteiger charge is 2.15. The summed E-state index contributed by atoms with van der Waals surface area (Å²) in [5.74, 6) is 0.0992. The lowest BCUT2D eigenvalue weighted by atomic mass is 10.1. The molecule has 0 radical (unpaired) electrons. The number of fused-ring (bicyclic) bond motifs is 1. The van der Waals surface area contributed by atoms with Crippen LogP contribution >= 0.6 is 0 Å². The Kier molecular flexibility index (Phi) is 7.96. The molecule has 0 spiro atoms. The first-order valence-electron chi connectivity index (χ1n) is 10.3. The van der Waals surface area contributed by atoms with Crippen LogP contribution in [0.1, 0.15) is 13.8 Å². The molecule has 3 rings (SSSR count). The van der Waals surface area contributed by atoms with Crippen molar-refractivity contribution in [3.63, 3.8) is 0 Å². The number of nitrogens with one attached hydrogen (secondary N) is 2. The van der Waals surface area contributed by atoms with Gasteiger partial charge in [-0.2, -0.15) is 0 Å². The summed E-state index contributed by atoms with van der Waals surface area (Å²) in [7, 11) is 3.22. The number of benzene rings is 1. The summed E-state index contributed by atoms with van der Waals surface area (Å²) >= 11 is 0. The van der Waals surface area contributed by atoms with Crippen molar-refractivity contribution in [2.45, 2.75) is 20.0 Å². The van der Waals surface area contributed by atoms with Gasteiger partial charge in [0, 0.05) is 32.9 Å². The van der Waals surface area contributed by atoms with E-state index in [4.69, 9.17) is 14.2 Å². The Morgan fingerprint density at radius 2 is 1.91 bits per heavy atom. The Bertz CT molecular complexity index is 1050. The normalized spacial score (nSPS) is 11.2. The van der Waals surface area contributed by atoms with Crippen LogP contribution in [-0.4, -0.2) is 67.7 Å². The molecule has 2 N–H and O–H groups in total. The quantitative estimate of drug-likeness (QED) is 0.489. The number of aromatic amines is 1. The summed E-state index contributed by atoms with van der Waals surface area (Å²) in [4.78, 5) is 25.5. The summed E-state index contributed by atoms with van der Waals surface area (Å²) < 4.78 is 30.3. The molecule has 0 aliphatic heterocycles. The average Bonchev–Trinajstić information content (AvgIpc) is 3.17. The standard InChI is InChI=1S/C22H28FN5O4/c1-14(2)32-22(29)25-16-12-18-21(24-13-16)27-20(26-18)15-5-6-19(17(23)11-15)28(7-9-30-3)8-10-31-4/h5-6,11-14H,7-10H2,1-4H3,(H,25,29)(H,24,26,27). The molecule has 10 heteroatoms. The lowest BCUT2D eigenvalue weighted by Gasteiger charge is -2.24. The fourth-order valence-corrected chi connectivity index (χ4v) is 3.13. The third-order valence-corrected chi connectivity index (χ3v) is 4.62. The molecule has 0 fully saturated rings. The fraction of sp³-hybridized carbons (Fsp3) is 0.409. The number of imidazole rings is 1. The summed E-state index contributed by atoms with van der Waals surface area (Å²) in [6.45, 7) is 5.56. The molecule has 0 saturated heterocycles. The number of H-pyrrole nitrogens is 1. The van der Waals surface area contributed by atoms with Crippen LogP contribution in [0, 0.1) is 5.82 Å². The van der Waals surface area contributed by atoms with Crippen molar-refractivity contribution in [3.8, 4) is 11.4 Å². The van der Waals surface area contributed by atoms with E-state index in [0.717, 1.165) is 0 Å². The number of aromatic nitrogens is 3. The van der Waals surface area contributed by atoms with Gasteiger partial charge in [0.05, 0.1) is 42.4 Å². The van der Waals surface area contributed by atoms with Gasteiger partial charge < -0.3 is 24.1 Å². The van der Waals surface area contributed by atoms with Crippen molar-refractivity contribution in [3.05, 3.63) is 36.3 Å². The van der Waals surface area contributed by atoms with Gasteiger partial charge in [-0.1, -0.05) is 0 Å². The zero-order valence-electron chi connectivity index (χ0n) is 18.6. The molecule has 1 aromatic carbocycles.